The lowest BCUT2D eigenvalue weighted by Crippen LogP contribution is -2.26. The first-order chi connectivity index (χ1) is 6.05. The van der Waals surface area contributed by atoms with Crippen LogP contribution in [-0.4, -0.2) is 11.7 Å². The highest BCUT2D eigenvalue weighted by molar-refractivity contribution is 6.06. The molecule has 0 saturated carbocycles. The Bertz CT molecular complexity index is 371. The minimum Gasteiger partial charge on any atom is -0.287 e. The number of Topliss-reactive ketones (excluding diaryl/α,β-unsaturated/α-hetero) is 1. The molecule has 0 saturated heterocycles. The van der Waals surface area contributed by atoms with Gasteiger partial charge in [-0.1, -0.05) is 31.2 Å². The molecular weight excluding hydrogens is 174 g/mol. The lowest BCUT2D eigenvalue weighted by Gasteiger charge is -2.12. The minimum atomic E-state index is -3.22. The van der Waals surface area contributed by atoms with Crippen molar-refractivity contribution in [3.63, 3.8) is 0 Å². The summed E-state index contributed by atoms with van der Waals surface area (Å²) in [6, 6.07) is 6.31. The van der Waals surface area contributed by atoms with E-state index in [0.717, 1.165) is 0 Å². The summed E-state index contributed by atoms with van der Waals surface area (Å²) in [4.78, 5) is 11.2. The van der Waals surface area contributed by atoms with Crippen molar-refractivity contribution in [1.82, 2.24) is 0 Å². The maximum atomic E-state index is 13.2. The largest absolute Gasteiger partial charge is 0.316 e. The van der Waals surface area contributed by atoms with Gasteiger partial charge < -0.3 is 0 Å². The topological polar surface area (TPSA) is 17.1 Å². The fraction of sp³-hybridized carbons (Fsp3) is 0.300. The molecule has 1 aromatic rings. The number of carbonyl (C=O) groups is 1. The molecule has 0 fully saturated rings. The van der Waals surface area contributed by atoms with E-state index >= 15 is 0 Å². The summed E-state index contributed by atoms with van der Waals surface area (Å²) in [6.07, 6.45) is 0. The molecule has 1 nitrogen and oxygen atoms in total. The molecule has 3 heteroatoms. The quantitative estimate of drug-likeness (QED) is 0.602. The molecule has 0 spiro atoms. The zero-order valence-electron chi connectivity index (χ0n) is 7.05. The van der Waals surface area contributed by atoms with Crippen molar-refractivity contribution in [2.24, 2.45) is 0 Å². The van der Waals surface area contributed by atoms with Gasteiger partial charge in [-0.2, -0.15) is 8.78 Å². The smallest absolute Gasteiger partial charge is 0.287 e. The highest BCUT2D eigenvalue weighted by Gasteiger charge is 2.52. The van der Waals surface area contributed by atoms with Crippen LogP contribution in [0.15, 0.2) is 24.3 Å². The first-order valence-electron chi connectivity index (χ1n) is 4.06. The van der Waals surface area contributed by atoms with E-state index in [1.165, 1.54) is 13.0 Å². The number of rotatable bonds is 0. The van der Waals surface area contributed by atoms with Crippen LogP contribution >= 0.6 is 0 Å². The molecule has 0 radical (unpaired) electrons. The summed E-state index contributed by atoms with van der Waals surface area (Å²) in [6.45, 7) is 1.38. The average Bonchev–Trinajstić information content (AvgIpc) is 2.30. The van der Waals surface area contributed by atoms with Crippen molar-refractivity contribution in [1.29, 1.82) is 0 Å². The molecule has 0 aliphatic heterocycles. The van der Waals surface area contributed by atoms with Gasteiger partial charge in [0, 0.05) is 5.56 Å². The van der Waals surface area contributed by atoms with Gasteiger partial charge in [-0.3, -0.25) is 4.79 Å². The summed E-state index contributed by atoms with van der Waals surface area (Å²) < 4.78 is 26.3. The lowest BCUT2D eigenvalue weighted by molar-refractivity contribution is 0.00260. The molecular formula is C10H8F2O. The third-order valence-corrected chi connectivity index (χ3v) is 2.52. The fourth-order valence-electron chi connectivity index (χ4n) is 1.65. The van der Waals surface area contributed by atoms with Crippen LogP contribution in [0.5, 0.6) is 0 Å². The van der Waals surface area contributed by atoms with Crippen LogP contribution in [0.2, 0.25) is 0 Å². The van der Waals surface area contributed by atoms with Crippen molar-refractivity contribution in [2.45, 2.75) is 18.8 Å². The maximum absolute atomic E-state index is 13.2. The molecule has 0 aromatic heterocycles. The normalized spacial score (nSPS) is 24.5. The van der Waals surface area contributed by atoms with E-state index in [9.17, 15) is 13.6 Å². The zero-order valence-corrected chi connectivity index (χ0v) is 7.05. The van der Waals surface area contributed by atoms with Gasteiger partial charge in [-0.05, 0) is 5.56 Å². The maximum Gasteiger partial charge on any atom is 0.316 e. The molecule has 2 rings (SSSR count). The molecule has 0 unspecified atom stereocenters. The van der Waals surface area contributed by atoms with Crippen LogP contribution in [0.3, 0.4) is 0 Å². The Kier molecular flexibility index (Phi) is 1.53. The third kappa shape index (κ3) is 0.930. The second-order valence-electron chi connectivity index (χ2n) is 3.26. The lowest BCUT2D eigenvalue weighted by atomic mass is 10.0. The molecule has 1 atom stereocenters. The number of fused-ring (bicyclic) bond motifs is 1. The summed E-state index contributed by atoms with van der Waals surface area (Å²) in [5, 5.41) is 0. The third-order valence-electron chi connectivity index (χ3n) is 2.52. The van der Waals surface area contributed by atoms with Gasteiger partial charge in [0.2, 0.25) is 5.78 Å². The Morgan fingerprint density at radius 3 is 2.54 bits per heavy atom. The Labute approximate surface area is 74.4 Å². The molecule has 0 heterocycles. The van der Waals surface area contributed by atoms with Crippen molar-refractivity contribution in [3.05, 3.63) is 35.4 Å². The predicted molar refractivity (Wildman–Crippen MR) is 44.1 cm³/mol. The second kappa shape index (κ2) is 2.37. The first kappa shape index (κ1) is 8.35. The highest BCUT2D eigenvalue weighted by Crippen LogP contribution is 2.43. The standard InChI is InChI=1S/C10H8F2O/c1-6-7-4-2-3-5-8(7)9(13)10(6,11)12/h2-6H,1H3/t6-/m0/s1. The molecule has 68 valence electrons. The van der Waals surface area contributed by atoms with Crippen LogP contribution in [0.25, 0.3) is 0 Å². The van der Waals surface area contributed by atoms with Crippen LogP contribution in [-0.2, 0) is 0 Å². The van der Waals surface area contributed by atoms with E-state index < -0.39 is 17.6 Å². The van der Waals surface area contributed by atoms with Crippen LogP contribution in [0.4, 0.5) is 8.78 Å². The van der Waals surface area contributed by atoms with Gasteiger partial charge >= 0.3 is 5.92 Å². The molecule has 1 aliphatic rings. The van der Waals surface area contributed by atoms with E-state index in [0.29, 0.717) is 5.56 Å². The first-order valence-corrected chi connectivity index (χ1v) is 4.06. The van der Waals surface area contributed by atoms with E-state index in [2.05, 4.69) is 0 Å². The predicted octanol–water partition coefficient (Wildman–Crippen LogP) is 2.62. The van der Waals surface area contributed by atoms with Crippen molar-refractivity contribution in [3.8, 4) is 0 Å². The van der Waals surface area contributed by atoms with Gasteiger partial charge in [-0.15, -0.1) is 0 Å². The number of ketones is 1. The monoisotopic (exact) mass is 182 g/mol. The summed E-state index contributed by atoms with van der Waals surface area (Å²) in [5.41, 5.74) is 0.623. The number of hydrogen-bond acceptors (Lipinski definition) is 1. The molecule has 0 N–H and O–H groups in total. The summed E-state index contributed by atoms with van der Waals surface area (Å²) in [7, 11) is 0. The van der Waals surface area contributed by atoms with Gasteiger partial charge in [0.05, 0.1) is 5.92 Å². The molecule has 1 aliphatic carbocycles. The van der Waals surface area contributed by atoms with E-state index in [1.54, 1.807) is 18.2 Å². The molecule has 13 heavy (non-hydrogen) atoms. The Balaban J connectivity index is 2.64. The van der Waals surface area contributed by atoms with Crippen molar-refractivity contribution < 1.29 is 13.6 Å². The van der Waals surface area contributed by atoms with Gasteiger partial charge in [0.15, 0.2) is 0 Å². The average molecular weight is 182 g/mol. The van der Waals surface area contributed by atoms with E-state index in [1.807, 2.05) is 0 Å². The SMILES string of the molecule is C[C@H]1c2ccccc2C(=O)C1(F)F. The van der Waals surface area contributed by atoms with E-state index in [4.69, 9.17) is 0 Å². The van der Waals surface area contributed by atoms with Gasteiger partial charge in [-0.25, -0.2) is 0 Å². The molecule has 0 bridgehead atoms. The van der Waals surface area contributed by atoms with Gasteiger partial charge in [0.25, 0.3) is 0 Å². The van der Waals surface area contributed by atoms with Crippen LogP contribution in [0.1, 0.15) is 28.8 Å². The highest BCUT2D eigenvalue weighted by atomic mass is 19.3. The van der Waals surface area contributed by atoms with Crippen molar-refractivity contribution in [2.75, 3.05) is 0 Å². The number of halogens is 2. The minimum absolute atomic E-state index is 0.167. The zero-order chi connectivity index (χ0) is 9.64. The molecule has 0 amide bonds. The Hall–Kier alpha value is -1.25. The number of carbonyl (C=O) groups excluding carboxylic acids is 1. The summed E-state index contributed by atoms with van der Waals surface area (Å²) in [5.74, 6) is -5.25. The number of benzene rings is 1. The van der Waals surface area contributed by atoms with E-state index in [-0.39, 0.29) is 5.56 Å². The number of alkyl halides is 2. The Morgan fingerprint density at radius 1 is 1.31 bits per heavy atom. The van der Waals surface area contributed by atoms with Crippen LogP contribution < -0.4 is 0 Å². The van der Waals surface area contributed by atoms with Gasteiger partial charge in [0.1, 0.15) is 0 Å². The van der Waals surface area contributed by atoms with Crippen molar-refractivity contribution >= 4 is 5.78 Å². The van der Waals surface area contributed by atoms with Crippen LogP contribution in [0, 0.1) is 0 Å². The number of hydrogen-bond donors (Lipinski definition) is 0. The fourth-order valence-corrected chi connectivity index (χ4v) is 1.65. The summed E-state index contributed by atoms with van der Waals surface area (Å²) >= 11 is 0. The Morgan fingerprint density at radius 2 is 1.92 bits per heavy atom. The second-order valence-corrected chi connectivity index (χ2v) is 3.26. The molecule has 1 aromatic carbocycles.